The average molecular weight is 334 g/mol. The molecule has 1 fully saturated rings. The van der Waals surface area contributed by atoms with E-state index >= 15 is 0 Å². The van der Waals surface area contributed by atoms with Gasteiger partial charge in [-0.25, -0.2) is 8.42 Å². The number of hydrogen-bond acceptors (Lipinski definition) is 4. The number of nitrogens with one attached hydrogen (secondary N) is 1. The maximum Gasteiger partial charge on any atom is 0.252 e. The fourth-order valence-corrected chi connectivity index (χ4v) is 4.08. The molecule has 0 radical (unpaired) electrons. The Morgan fingerprint density at radius 3 is 2.52 bits per heavy atom. The number of aryl methyl sites for hydroxylation is 1. The second-order valence-corrected chi connectivity index (χ2v) is 8.21. The Hall–Kier alpha value is -1.87. The van der Waals surface area contributed by atoms with Crippen molar-refractivity contribution in [2.24, 2.45) is 5.92 Å². The van der Waals surface area contributed by atoms with Crippen molar-refractivity contribution in [1.82, 2.24) is 5.32 Å². The highest BCUT2D eigenvalue weighted by atomic mass is 32.2. The second-order valence-electron chi connectivity index (χ2n) is 6.23. The first-order chi connectivity index (χ1) is 10.8. The molecule has 5 nitrogen and oxygen atoms in total. The number of rotatable bonds is 4. The summed E-state index contributed by atoms with van der Waals surface area (Å²) >= 11 is 0. The van der Waals surface area contributed by atoms with Crippen LogP contribution in [0.3, 0.4) is 0 Å². The normalized spacial score (nSPS) is 17.3. The van der Waals surface area contributed by atoms with E-state index in [0.29, 0.717) is 5.56 Å². The highest BCUT2D eigenvalue weighted by molar-refractivity contribution is 7.90. The standard InChI is InChI=1S/C17H22N2O3S/c1-12-8-9-14(10-16(12)23(2,21)22)17(20)19-15(11-18)13-6-4-3-5-7-13/h8-10,13,15H,3-7H2,1-2H3,(H,19,20). The summed E-state index contributed by atoms with van der Waals surface area (Å²) in [5.41, 5.74) is 0.875. The third-order valence-electron chi connectivity index (χ3n) is 4.40. The van der Waals surface area contributed by atoms with Gasteiger partial charge in [-0.15, -0.1) is 0 Å². The Bertz CT molecular complexity index is 729. The van der Waals surface area contributed by atoms with Crippen LogP contribution in [0.15, 0.2) is 23.1 Å². The Labute approximate surface area is 137 Å². The molecule has 6 heteroatoms. The molecule has 0 aliphatic heterocycles. The molecule has 23 heavy (non-hydrogen) atoms. The Kier molecular flexibility index (Phi) is 5.42. The maximum atomic E-state index is 12.4. The van der Waals surface area contributed by atoms with Gasteiger partial charge in [0.2, 0.25) is 0 Å². The average Bonchev–Trinajstić information content (AvgIpc) is 2.52. The van der Waals surface area contributed by atoms with Crippen molar-refractivity contribution in [3.05, 3.63) is 29.3 Å². The van der Waals surface area contributed by atoms with Crippen LogP contribution < -0.4 is 5.32 Å². The van der Waals surface area contributed by atoms with E-state index in [1.54, 1.807) is 19.1 Å². The number of hydrogen-bond donors (Lipinski definition) is 1. The quantitative estimate of drug-likeness (QED) is 0.917. The van der Waals surface area contributed by atoms with Crippen LogP contribution in [0.5, 0.6) is 0 Å². The summed E-state index contributed by atoms with van der Waals surface area (Å²) < 4.78 is 23.5. The summed E-state index contributed by atoms with van der Waals surface area (Å²) in [7, 11) is -3.39. The van der Waals surface area contributed by atoms with Crippen molar-refractivity contribution in [2.45, 2.75) is 50.0 Å². The predicted octanol–water partition coefficient (Wildman–Crippen LogP) is 2.60. The largest absolute Gasteiger partial charge is 0.336 e. The fraction of sp³-hybridized carbons (Fsp3) is 0.529. The van der Waals surface area contributed by atoms with E-state index in [2.05, 4.69) is 11.4 Å². The molecule has 1 aliphatic rings. The van der Waals surface area contributed by atoms with Gasteiger partial charge in [-0.2, -0.15) is 5.26 Å². The van der Waals surface area contributed by atoms with Crippen LogP contribution in [0.4, 0.5) is 0 Å². The zero-order valence-corrected chi connectivity index (χ0v) is 14.3. The van der Waals surface area contributed by atoms with Crippen LogP contribution in [0.2, 0.25) is 0 Å². The first-order valence-corrected chi connectivity index (χ1v) is 9.73. The molecule has 0 bridgehead atoms. The van der Waals surface area contributed by atoms with Gasteiger partial charge >= 0.3 is 0 Å². The molecule has 0 saturated heterocycles. The molecule has 0 heterocycles. The maximum absolute atomic E-state index is 12.4. The molecule has 1 unspecified atom stereocenters. The molecule has 1 aliphatic carbocycles. The minimum Gasteiger partial charge on any atom is -0.336 e. The van der Waals surface area contributed by atoms with Crippen LogP contribution in [-0.2, 0) is 9.84 Å². The van der Waals surface area contributed by atoms with Crippen molar-refractivity contribution in [2.75, 3.05) is 6.26 Å². The third-order valence-corrected chi connectivity index (χ3v) is 5.64. The molecule has 1 N–H and O–H groups in total. The highest BCUT2D eigenvalue weighted by Crippen LogP contribution is 2.26. The molecule has 2 rings (SSSR count). The van der Waals surface area contributed by atoms with E-state index in [0.717, 1.165) is 31.9 Å². The lowest BCUT2D eigenvalue weighted by Crippen LogP contribution is -2.40. The van der Waals surface area contributed by atoms with Crippen LogP contribution in [0.25, 0.3) is 0 Å². The van der Waals surface area contributed by atoms with Crippen molar-refractivity contribution < 1.29 is 13.2 Å². The number of amides is 1. The van der Waals surface area contributed by atoms with Gasteiger partial charge in [-0.1, -0.05) is 25.3 Å². The van der Waals surface area contributed by atoms with E-state index in [1.807, 2.05) is 0 Å². The fourth-order valence-electron chi connectivity index (χ4n) is 3.09. The van der Waals surface area contributed by atoms with Crippen LogP contribution in [0, 0.1) is 24.2 Å². The Morgan fingerprint density at radius 2 is 1.96 bits per heavy atom. The SMILES string of the molecule is Cc1ccc(C(=O)NC(C#N)C2CCCCC2)cc1S(C)(=O)=O. The zero-order valence-electron chi connectivity index (χ0n) is 13.5. The summed E-state index contributed by atoms with van der Waals surface area (Å²) in [6.45, 7) is 1.69. The summed E-state index contributed by atoms with van der Waals surface area (Å²) in [4.78, 5) is 12.5. The zero-order chi connectivity index (χ0) is 17.0. The molecule has 1 aromatic carbocycles. The van der Waals surface area contributed by atoms with Gasteiger partial charge < -0.3 is 5.32 Å². The van der Waals surface area contributed by atoms with Crippen molar-refractivity contribution in [1.29, 1.82) is 5.26 Å². The van der Waals surface area contributed by atoms with Crippen molar-refractivity contribution in [3.8, 4) is 6.07 Å². The topological polar surface area (TPSA) is 87.0 Å². The van der Waals surface area contributed by atoms with Crippen LogP contribution in [0.1, 0.15) is 48.0 Å². The van der Waals surface area contributed by atoms with Gasteiger partial charge in [0.05, 0.1) is 11.0 Å². The molecule has 0 spiro atoms. The third kappa shape index (κ3) is 4.32. The molecular formula is C17H22N2O3S. The van der Waals surface area contributed by atoms with Gasteiger partial charge in [-0.3, -0.25) is 4.79 Å². The van der Waals surface area contributed by atoms with Gasteiger partial charge in [0.15, 0.2) is 9.84 Å². The predicted molar refractivity (Wildman–Crippen MR) is 87.7 cm³/mol. The molecule has 0 aromatic heterocycles. The van der Waals surface area contributed by atoms with Gasteiger partial charge in [0.1, 0.15) is 6.04 Å². The highest BCUT2D eigenvalue weighted by Gasteiger charge is 2.25. The first kappa shape index (κ1) is 17.5. The van der Waals surface area contributed by atoms with E-state index in [-0.39, 0.29) is 16.4 Å². The van der Waals surface area contributed by atoms with Gasteiger partial charge in [0.25, 0.3) is 5.91 Å². The first-order valence-electron chi connectivity index (χ1n) is 7.84. The summed E-state index contributed by atoms with van der Waals surface area (Å²) in [5, 5.41) is 12.1. The molecule has 1 aromatic rings. The van der Waals surface area contributed by atoms with Crippen molar-refractivity contribution >= 4 is 15.7 Å². The smallest absolute Gasteiger partial charge is 0.252 e. The summed E-state index contributed by atoms with van der Waals surface area (Å²) in [6, 6.07) is 6.25. The van der Waals surface area contributed by atoms with Gasteiger partial charge in [0, 0.05) is 11.8 Å². The lowest BCUT2D eigenvalue weighted by molar-refractivity contribution is 0.0928. The van der Waals surface area contributed by atoms with Crippen LogP contribution in [-0.4, -0.2) is 26.6 Å². The Morgan fingerprint density at radius 1 is 1.30 bits per heavy atom. The van der Waals surface area contributed by atoms with E-state index in [9.17, 15) is 18.5 Å². The number of nitriles is 1. The summed E-state index contributed by atoms with van der Waals surface area (Å²) in [6.07, 6.45) is 6.36. The number of carbonyl (C=O) groups is 1. The number of sulfone groups is 1. The van der Waals surface area contributed by atoms with E-state index < -0.39 is 21.8 Å². The number of nitrogens with zero attached hydrogens (tertiary/aromatic N) is 1. The summed E-state index contributed by atoms with van der Waals surface area (Å²) in [5.74, 6) is -0.218. The molecule has 124 valence electrons. The number of benzene rings is 1. The van der Waals surface area contributed by atoms with Crippen LogP contribution >= 0.6 is 0 Å². The molecule has 1 atom stereocenters. The lowest BCUT2D eigenvalue weighted by Gasteiger charge is -2.26. The number of carbonyl (C=O) groups excluding carboxylic acids is 1. The monoisotopic (exact) mass is 334 g/mol. The molecule has 1 saturated carbocycles. The van der Waals surface area contributed by atoms with E-state index in [4.69, 9.17) is 0 Å². The minimum atomic E-state index is -3.39. The van der Waals surface area contributed by atoms with Gasteiger partial charge in [-0.05, 0) is 43.4 Å². The van der Waals surface area contributed by atoms with Crippen molar-refractivity contribution in [3.63, 3.8) is 0 Å². The van der Waals surface area contributed by atoms with E-state index in [1.165, 1.54) is 12.5 Å². The second kappa shape index (κ2) is 7.14. The minimum absolute atomic E-state index is 0.149. The Balaban J connectivity index is 2.18. The molecular weight excluding hydrogens is 312 g/mol. The molecule has 1 amide bonds. The lowest BCUT2D eigenvalue weighted by atomic mass is 9.84.